The van der Waals surface area contributed by atoms with Crippen LogP contribution in [-0.4, -0.2) is 12.0 Å². The Morgan fingerprint density at radius 3 is 2.50 bits per heavy atom. The highest BCUT2D eigenvalue weighted by molar-refractivity contribution is 5.80. The van der Waals surface area contributed by atoms with Gasteiger partial charge in [0, 0.05) is 18.2 Å². The van der Waals surface area contributed by atoms with Gasteiger partial charge in [0.2, 0.25) is 0 Å². The molecule has 0 spiro atoms. The van der Waals surface area contributed by atoms with Gasteiger partial charge in [0.05, 0.1) is 0 Å². The first-order chi connectivity index (χ1) is 10.5. The second-order valence-corrected chi connectivity index (χ2v) is 4.65. The fourth-order valence-corrected chi connectivity index (χ4v) is 1.78. The van der Waals surface area contributed by atoms with Crippen LogP contribution in [0.5, 0.6) is 5.75 Å². The topological polar surface area (TPSA) is 38.3 Å². The Bertz CT molecular complexity index is 676. The molecule has 1 N–H and O–H groups in total. The highest BCUT2D eigenvalue weighted by Gasteiger charge is 2.15. The first kappa shape index (κ1) is 15.9. The van der Waals surface area contributed by atoms with Crippen molar-refractivity contribution in [3.8, 4) is 5.75 Å². The van der Waals surface area contributed by atoms with Crippen molar-refractivity contribution in [2.24, 2.45) is 0 Å². The van der Waals surface area contributed by atoms with E-state index in [1.807, 2.05) is 0 Å². The van der Waals surface area contributed by atoms with Crippen LogP contribution in [0.4, 0.5) is 13.2 Å². The van der Waals surface area contributed by atoms with E-state index in [4.69, 9.17) is 4.74 Å². The molecule has 0 fully saturated rings. The zero-order chi connectivity index (χ0) is 16.1. The van der Waals surface area contributed by atoms with Crippen molar-refractivity contribution in [1.29, 1.82) is 0 Å². The minimum atomic E-state index is -1.06. The molecule has 3 nitrogen and oxygen atoms in total. The fourth-order valence-electron chi connectivity index (χ4n) is 1.78. The van der Waals surface area contributed by atoms with Gasteiger partial charge in [-0.15, -0.1) is 0 Å². The fraction of sp³-hybridized carbons (Fsp3) is 0.188. The molecule has 116 valence electrons. The number of ether oxygens (including phenoxy) is 1. The predicted octanol–water partition coefficient (Wildman–Crippen LogP) is 3.19. The molecule has 0 bridgehead atoms. The molecular formula is C16H14F3NO2. The molecular weight excluding hydrogens is 295 g/mol. The molecule has 0 radical (unpaired) electrons. The molecule has 22 heavy (non-hydrogen) atoms. The third-order valence-corrected chi connectivity index (χ3v) is 2.98. The zero-order valence-corrected chi connectivity index (χ0v) is 11.8. The smallest absolute Gasteiger partial charge is 0.261 e. The minimum absolute atomic E-state index is 0.0109. The molecule has 1 amide bonds. The Morgan fingerprint density at radius 2 is 1.82 bits per heavy atom. The molecule has 6 heteroatoms. The molecule has 0 aliphatic carbocycles. The van der Waals surface area contributed by atoms with Crippen LogP contribution in [0, 0.1) is 17.5 Å². The van der Waals surface area contributed by atoms with E-state index in [9.17, 15) is 18.0 Å². The molecule has 0 saturated heterocycles. The normalized spacial score (nSPS) is 11.8. The van der Waals surface area contributed by atoms with Crippen LogP contribution in [0.25, 0.3) is 0 Å². The average molecular weight is 309 g/mol. The number of hydrogen-bond donors (Lipinski definition) is 1. The molecule has 1 atom stereocenters. The summed E-state index contributed by atoms with van der Waals surface area (Å²) in [4.78, 5) is 11.9. The average Bonchev–Trinajstić information content (AvgIpc) is 2.50. The zero-order valence-electron chi connectivity index (χ0n) is 11.8. The number of nitrogens with one attached hydrogen (secondary N) is 1. The highest BCUT2D eigenvalue weighted by atomic mass is 19.2. The van der Waals surface area contributed by atoms with Gasteiger partial charge in [-0.3, -0.25) is 4.79 Å². The van der Waals surface area contributed by atoms with E-state index in [2.05, 4.69) is 5.32 Å². The van der Waals surface area contributed by atoms with Gasteiger partial charge in [-0.05, 0) is 25.1 Å². The standard InChI is InChI=1S/C16H14F3NO2/c1-10(22-12-6-7-14(18)15(19)8-12)16(21)20-9-11-4-2-3-5-13(11)17/h2-8,10H,9H2,1H3,(H,20,21). The lowest BCUT2D eigenvalue weighted by atomic mass is 10.2. The molecule has 0 aromatic heterocycles. The predicted molar refractivity (Wildman–Crippen MR) is 74.7 cm³/mol. The Hall–Kier alpha value is -2.50. The summed E-state index contributed by atoms with van der Waals surface area (Å²) >= 11 is 0. The minimum Gasteiger partial charge on any atom is -0.481 e. The van der Waals surface area contributed by atoms with Gasteiger partial charge in [-0.25, -0.2) is 13.2 Å². The lowest BCUT2D eigenvalue weighted by Crippen LogP contribution is -2.36. The van der Waals surface area contributed by atoms with Gasteiger partial charge < -0.3 is 10.1 Å². The lowest BCUT2D eigenvalue weighted by molar-refractivity contribution is -0.127. The third kappa shape index (κ3) is 4.00. The van der Waals surface area contributed by atoms with E-state index in [0.717, 1.165) is 12.1 Å². The maximum Gasteiger partial charge on any atom is 0.261 e. The van der Waals surface area contributed by atoms with Gasteiger partial charge in [-0.1, -0.05) is 18.2 Å². The largest absolute Gasteiger partial charge is 0.481 e. The van der Waals surface area contributed by atoms with Gasteiger partial charge >= 0.3 is 0 Å². The van der Waals surface area contributed by atoms with E-state index >= 15 is 0 Å². The third-order valence-electron chi connectivity index (χ3n) is 2.98. The summed E-state index contributed by atoms with van der Waals surface area (Å²) < 4.78 is 44.5. The van der Waals surface area contributed by atoms with Crippen molar-refractivity contribution in [1.82, 2.24) is 5.32 Å². The van der Waals surface area contributed by atoms with Crippen LogP contribution in [0.2, 0.25) is 0 Å². The van der Waals surface area contributed by atoms with Crippen molar-refractivity contribution in [3.05, 3.63) is 65.5 Å². The Morgan fingerprint density at radius 1 is 1.09 bits per heavy atom. The Balaban J connectivity index is 1.92. The number of carbonyl (C=O) groups is 1. The van der Waals surface area contributed by atoms with Crippen molar-refractivity contribution >= 4 is 5.91 Å². The quantitative estimate of drug-likeness (QED) is 0.921. The summed E-state index contributed by atoms with van der Waals surface area (Å²) in [7, 11) is 0. The van der Waals surface area contributed by atoms with Crippen LogP contribution >= 0.6 is 0 Å². The van der Waals surface area contributed by atoms with Crippen molar-refractivity contribution < 1.29 is 22.7 Å². The molecule has 0 heterocycles. The van der Waals surface area contributed by atoms with Crippen LogP contribution in [0.15, 0.2) is 42.5 Å². The van der Waals surface area contributed by atoms with Gasteiger partial charge in [0.15, 0.2) is 17.7 Å². The molecule has 0 saturated carbocycles. The Kier molecular flexibility index (Phi) is 5.04. The first-order valence-electron chi connectivity index (χ1n) is 6.60. The summed E-state index contributed by atoms with van der Waals surface area (Å²) in [5, 5.41) is 2.51. The number of carbonyl (C=O) groups excluding carboxylic acids is 1. The number of benzene rings is 2. The van der Waals surface area contributed by atoms with Crippen molar-refractivity contribution in [2.45, 2.75) is 19.6 Å². The second-order valence-electron chi connectivity index (χ2n) is 4.65. The summed E-state index contributed by atoms with van der Waals surface area (Å²) in [5.41, 5.74) is 0.343. The van der Waals surface area contributed by atoms with Gasteiger partial charge in [-0.2, -0.15) is 0 Å². The second kappa shape index (κ2) is 6.98. The van der Waals surface area contributed by atoms with E-state index in [0.29, 0.717) is 5.56 Å². The highest BCUT2D eigenvalue weighted by Crippen LogP contribution is 2.16. The molecule has 2 aromatic carbocycles. The molecule has 0 aliphatic rings. The Labute approximate surface area is 125 Å². The maximum atomic E-state index is 13.4. The van der Waals surface area contributed by atoms with Crippen LogP contribution in [-0.2, 0) is 11.3 Å². The van der Waals surface area contributed by atoms with E-state index in [-0.39, 0.29) is 12.3 Å². The number of hydrogen-bond acceptors (Lipinski definition) is 2. The van der Waals surface area contributed by atoms with Gasteiger partial charge in [0.25, 0.3) is 5.91 Å². The maximum absolute atomic E-state index is 13.4. The molecule has 1 unspecified atom stereocenters. The molecule has 2 rings (SSSR count). The number of halogens is 3. The van der Waals surface area contributed by atoms with E-state index in [1.54, 1.807) is 18.2 Å². The summed E-state index contributed by atoms with van der Waals surface area (Å²) in [6.45, 7) is 1.47. The lowest BCUT2D eigenvalue weighted by Gasteiger charge is -2.15. The SMILES string of the molecule is CC(Oc1ccc(F)c(F)c1)C(=O)NCc1ccccc1F. The van der Waals surface area contributed by atoms with Crippen molar-refractivity contribution in [3.63, 3.8) is 0 Å². The van der Waals surface area contributed by atoms with Crippen LogP contribution in [0.3, 0.4) is 0 Å². The van der Waals surface area contributed by atoms with Crippen molar-refractivity contribution in [2.75, 3.05) is 0 Å². The summed E-state index contributed by atoms with van der Waals surface area (Å²) in [5.74, 6) is -2.93. The molecule has 0 aliphatic heterocycles. The summed E-state index contributed by atoms with van der Waals surface area (Å²) in [6.07, 6.45) is -0.934. The van der Waals surface area contributed by atoms with Gasteiger partial charge in [0.1, 0.15) is 11.6 Å². The molecule has 2 aromatic rings. The number of rotatable bonds is 5. The van der Waals surface area contributed by atoms with E-state index in [1.165, 1.54) is 19.1 Å². The van der Waals surface area contributed by atoms with E-state index < -0.39 is 29.5 Å². The number of amides is 1. The van der Waals surface area contributed by atoms with Crippen LogP contribution < -0.4 is 10.1 Å². The van der Waals surface area contributed by atoms with Crippen LogP contribution in [0.1, 0.15) is 12.5 Å². The summed E-state index contributed by atoms with van der Waals surface area (Å²) in [6, 6.07) is 9.05. The monoisotopic (exact) mass is 309 g/mol. The first-order valence-corrected chi connectivity index (χ1v) is 6.60.